The summed E-state index contributed by atoms with van der Waals surface area (Å²) in [4.78, 5) is 0. The van der Waals surface area contributed by atoms with Crippen molar-refractivity contribution in [1.29, 1.82) is 0 Å². The van der Waals surface area contributed by atoms with Gasteiger partial charge in [-0.3, -0.25) is 0 Å². The van der Waals surface area contributed by atoms with Crippen LogP contribution in [-0.4, -0.2) is 16.0 Å². The molecule has 24 valence electrons. The van der Waals surface area contributed by atoms with Gasteiger partial charge in [0.05, 0.1) is 0 Å². The van der Waals surface area contributed by atoms with Crippen LogP contribution in [0.4, 0.5) is 0 Å². The summed E-state index contributed by atoms with van der Waals surface area (Å²) in [6, 6.07) is 0. The van der Waals surface area contributed by atoms with Crippen molar-refractivity contribution in [2.75, 3.05) is 0 Å². The van der Waals surface area contributed by atoms with Gasteiger partial charge in [0, 0.05) is 0 Å². The van der Waals surface area contributed by atoms with E-state index in [1.807, 2.05) is 0 Å². The van der Waals surface area contributed by atoms with Crippen molar-refractivity contribution < 1.29 is 10.0 Å². The average molecular weight is 125 g/mol. The Morgan fingerprint density at radius 2 is 1.50 bits per heavy atom. The summed E-state index contributed by atoms with van der Waals surface area (Å²) in [5.74, 6) is -1.35. The predicted octanol–water partition coefficient (Wildman–Crippen LogP) is -0.649. The molecule has 0 aromatic carbocycles. The maximum atomic E-state index is 7.53. The van der Waals surface area contributed by atoms with Crippen molar-refractivity contribution in [2.45, 2.75) is 0 Å². The van der Waals surface area contributed by atoms with Crippen LogP contribution in [0.1, 0.15) is 0 Å². The van der Waals surface area contributed by atoms with E-state index in [0.717, 1.165) is 0 Å². The topological polar surface area (TPSA) is 40.5 Å². The van der Waals surface area contributed by atoms with Crippen LogP contribution in [0.2, 0.25) is 0 Å². The average Bonchev–Trinajstić information content (AvgIpc) is 0.811. The quantitative estimate of drug-likeness (QED) is 0.422. The molecule has 0 radical (unpaired) electrons. The van der Waals surface area contributed by atoms with Gasteiger partial charge in [-0.1, -0.05) is 15.8 Å². The lowest BCUT2D eigenvalue weighted by Crippen LogP contribution is -1.95. The highest BCUT2D eigenvalue weighted by molar-refractivity contribution is 9.24. The van der Waals surface area contributed by atoms with Crippen molar-refractivity contribution in [3.8, 4) is 0 Å². The molecule has 4 heteroatoms. The Bertz CT molecular complexity index is 10.8. The lowest BCUT2D eigenvalue weighted by atomic mass is 10.4. The first kappa shape index (κ1) is 4.46. The highest BCUT2D eigenvalue weighted by Crippen LogP contribution is 1.73. The molecule has 0 aromatic rings. The second-order valence-electron chi connectivity index (χ2n) is 0.311. The van der Waals surface area contributed by atoms with Crippen molar-refractivity contribution in [3.63, 3.8) is 0 Å². The molecule has 0 aliphatic heterocycles. The van der Waals surface area contributed by atoms with Crippen LogP contribution >= 0.6 is 15.8 Å². The van der Waals surface area contributed by atoms with E-state index < -0.39 is 5.94 Å². The monoisotopic (exact) mass is 124 g/mol. The maximum absolute atomic E-state index is 7.53. The molecule has 0 saturated carbocycles. The molecule has 0 rings (SSSR count). The fraction of sp³-hybridized carbons (Fsp3) is 0. The van der Waals surface area contributed by atoms with Crippen molar-refractivity contribution in [1.82, 2.24) is 0 Å². The van der Waals surface area contributed by atoms with Crippen LogP contribution in [0.3, 0.4) is 0 Å². The molecule has 0 bridgehead atoms. The first-order valence-corrected chi connectivity index (χ1v) is 1.65. The summed E-state index contributed by atoms with van der Waals surface area (Å²) >= 11 is 2.38. The summed E-state index contributed by atoms with van der Waals surface area (Å²) < 4.78 is 0. The Hall–Kier alpha value is 0.465. The van der Waals surface area contributed by atoms with E-state index in [-0.39, 0.29) is 0 Å². The molecular weight excluding hydrogens is 123 g/mol. The summed E-state index contributed by atoms with van der Waals surface area (Å²) in [6.45, 7) is 0. The molecule has 0 aliphatic rings. The van der Waals surface area contributed by atoms with Gasteiger partial charge in [-0.25, -0.2) is 0 Å². The Kier molecular flexibility index (Phi) is 1.96. The van der Waals surface area contributed by atoms with Gasteiger partial charge >= 0.3 is 5.94 Å². The van der Waals surface area contributed by atoms with Crippen LogP contribution in [0, 0.1) is 0 Å². The van der Waals surface area contributed by atoms with Crippen LogP contribution in [0.25, 0.3) is 0 Å². The molecule has 0 saturated heterocycles. The van der Waals surface area contributed by atoms with Gasteiger partial charge in [0.15, 0.2) is 0 Å². The minimum Gasteiger partial charge on any atom is -0.418 e. The van der Waals surface area contributed by atoms with E-state index in [0.29, 0.717) is 0 Å². The normalized spacial score (nSPS) is 6.75. The van der Waals surface area contributed by atoms with E-state index >= 15 is 0 Å². The SMILES string of the molecule is OB(O)Br. The zero-order chi connectivity index (χ0) is 3.58. The fourth-order valence-electron chi connectivity index (χ4n) is 0. The molecule has 0 spiro atoms. The fourth-order valence-corrected chi connectivity index (χ4v) is 0. The molecule has 2 nitrogen and oxygen atoms in total. The molecule has 0 fully saturated rings. The van der Waals surface area contributed by atoms with Crippen molar-refractivity contribution >= 4 is 21.7 Å². The smallest absolute Gasteiger partial charge is 0.418 e. The van der Waals surface area contributed by atoms with Crippen LogP contribution in [0.5, 0.6) is 0 Å². The largest absolute Gasteiger partial charge is 0.533 e. The summed E-state index contributed by atoms with van der Waals surface area (Å²) in [7, 11) is 0. The van der Waals surface area contributed by atoms with Gasteiger partial charge in [0.25, 0.3) is 0 Å². The van der Waals surface area contributed by atoms with E-state index in [2.05, 4.69) is 15.8 Å². The third-order valence-electron chi connectivity index (χ3n) is 0. The minimum absolute atomic E-state index is 1.35. The molecule has 0 aliphatic carbocycles. The number of hydrogen-bond acceptors (Lipinski definition) is 2. The van der Waals surface area contributed by atoms with Gasteiger partial charge in [0.1, 0.15) is 0 Å². The Balaban J connectivity index is 2.32. The van der Waals surface area contributed by atoms with Crippen LogP contribution < -0.4 is 0 Å². The number of rotatable bonds is 0. The standard InChI is InChI=1S/BBrH2O2/c2-1(3)4/h3-4H. The number of halogens is 1. The van der Waals surface area contributed by atoms with E-state index in [9.17, 15) is 0 Å². The Labute approximate surface area is 32.6 Å². The van der Waals surface area contributed by atoms with Gasteiger partial charge in [-0.15, -0.1) is 0 Å². The van der Waals surface area contributed by atoms with Crippen LogP contribution in [-0.2, 0) is 0 Å². The lowest BCUT2D eigenvalue weighted by Gasteiger charge is -1.68. The molecule has 0 amide bonds. The van der Waals surface area contributed by atoms with Gasteiger partial charge < -0.3 is 10.0 Å². The molecular formula is H2BBrO2. The van der Waals surface area contributed by atoms with Gasteiger partial charge in [0.2, 0.25) is 0 Å². The zero-order valence-corrected chi connectivity index (χ0v) is 3.44. The maximum Gasteiger partial charge on any atom is 0.533 e. The summed E-state index contributed by atoms with van der Waals surface area (Å²) in [5.41, 5.74) is 0. The van der Waals surface area contributed by atoms with Crippen molar-refractivity contribution in [3.05, 3.63) is 0 Å². The van der Waals surface area contributed by atoms with E-state index in [4.69, 9.17) is 10.0 Å². The molecule has 4 heavy (non-hydrogen) atoms. The molecule has 2 N–H and O–H groups in total. The van der Waals surface area contributed by atoms with E-state index in [1.54, 1.807) is 0 Å². The van der Waals surface area contributed by atoms with Crippen LogP contribution in [0.15, 0.2) is 0 Å². The first-order valence-electron chi connectivity index (χ1n) is 0.735. The second kappa shape index (κ2) is 1.75. The van der Waals surface area contributed by atoms with Gasteiger partial charge in [-0.05, 0) is 0 Å². The third-order valence-corrected chi connectivity index (χ3v) is 0. The molecule has 0 heterocycles. The highest BCUT2D eigenvalue weighted by Gasteiger charge is 1.90. The Morgan fingerprint density at radius 1 is 1.50 bits per heavy atom. The first-order chi connectivity index (χ1) is 1.73. The highest BCUT2D eigenvalue weighted by atomic mass is 79.9. The molecule has 0 atom stereocenters. The molecule has 0 aromatic heterocycles. The Morgan fingerprint density at radius 3 is 1.50 bits per heavy atom. The summed E-state index contributed by atoms with van der Waals surface area (Å²) in [6.07, 6.45) is 0. The van der Waals surface area contributed by atoms with E-state index in [1.165, 1.54) is 0 Å². The summed E-state index contributed by atoms with van der Waals surface area (Å²) in [5, 5.41) is 15.1. The van der Waals surface area contributed by atoms with Gasteiger partial charge in [-0.2, -0.15) is 0 Å². The van der Waals surface area contributed by atoms with Crippen molar-refractivity contribution in [2.24, 2.45) is 0 Å². The predicted molar refractivity (Wildman–Crippen MR) is 19.1 cm³/mol. The second-order valence-corrected chi connectivity index (χ2v) is 1.13. The minimum atomic E-state index is -1.35. The zero-order valence-electron chi connectivity index (χ0n) is 1.85. The lowest BCUT2D eigenvalue weighted by molar-refractivity contribution is 0.440. The third kappa shape index (κ3) is 24.5. The number of hydrogen-bond donors (Lipinski definition) is 2. The molecule has 0 unspecified atom stereocenters.